The Labute approximate surface area is 675 Å². The van der Waals surface area contributed by atoms with Crippen LogP contribution in [-0.4, -0.2) is 101 Å². The molecule has 32 unspecified atom stereocenters. The number of aliphatic hydroxyl groups is 9. The summed E-state index contributed by atoms with van der Waals surface area (Å²) in [5.74, 6) is 23.6. The molecule has 0 spiro atoms. The maximum atomic E-state index is 9.98. The first kappa shape index (κ1) is 106. The van der Waals surface area contributed by atoms with Gasteiger partial charge in [-0.25, -0.2) is 0 Å². The molecule has 9 nitrogen and oxygen atoms in total. The molecule has 9 heteroatoms. The molecule has 648 valence electrons. The van der Waals surface area contributed by atoms with Crippen molar-refractivity contribution < 1.29 is 46.0 Å². The summed E-state index contributed by atoms with van der Waals surface area (Å²) in [6, 6.07) is 0. The van der Waals surface area contributed by atoms with Crippen LogP contribution in [0.15, 0.2) is 0 Å². The van der Waals surface area contributed by atoms with E-state index >= 15 is 0 Å². The molecule has 0 aromatic carbocycles. The Bertz CT molecular complexity index is 2100. The molecule has 9 saturated carbocycles. The Balaban J connectivity index is 0.000000607. The molecule has 0 amide bonds. The van der Waals surface area contributed by atoms with Crippen molar-refractivity contribution in [2.24, 2.45) is 213 Å². The smallest absolute Gasteiger partial charge is 0.0598 e. The van der Waals surface area contributed by atoms with Gasteiger partial charge in [-0.1, -0.05) is 249 Å². The third kappa shape index (κ3) is 34.7. The largest absolute Gasteiger partial charge is 0.393 e. The standard InChI is InChI=1S/9C11H22O/c1-7(2)10-5-9(4)11(12)6-8(10)3;1-7(2)11-8(3)5-10(12)6-9(11)4;1-7(2)10-5-8(3)11(12)9(4)6-10;1-7(2)10-5-8(3)9(4)6-11(10)12;1-7(2)11-9(4)5-8(3)6-10(11)12;1-7(2)10-6-8(3)5-9(4)11(10)12;1-7(2)10-5-6-11(12)9(4)8(10)3;1-7(2)10-6-5-8(3)9(4)11(10)12;1-7(2)10-8(3)5-6-9(4)11(10)12/h9*7-12H,5-6H2,1-4H3. The SMILES string of the molecule is CC(C)C1C(C)CC(O)CC1C.CC(C)C1C(C)CCC(C)C1O.CC(C)C1CC(C)C(C)CC1O.CC(C)C1CC(C)C(O)C(C)C1.CC(C)C1CC(C)C(O)CC1C.CC(C)C1CCC(C)C(C)C1O.CC(C)C1CCC(O)C(C)C1C.CC1CC(C)C(C(C)C)C(O)C1.CC1CC(C)C(O)C(C(C)C)C1. The van der Waals surface area contributed by atoms with Gasteiger partial charge in [-0.05, 0) is 329 Å². The van der Waals surface area contributed by atoms with Gasteiger partial charge in [-0.2, -0.15) is 0 Å². The Morgan fingerprint density at radius 2 is 0.583 bits per heavy atom. The van der Waals surface area contributed by atoms with Crippen molar-refractivity contribution in [1.29, 1.82) is 0 Å². The van der Waals surface area contributed by atoms with E-state index in [9.17, 15) is 46.0 Å². The molecule has 0 bridgehead atoms. The third-order valence-electron chi connectivity index (χ3n) is 31.5. The first-order valence-electron chi connectivity index (χ1n) is 46.9. The molecule has 0 heterocycles. The van der Waals surface area contributed by atoms with Crippen molar-refractivity contribution in [3.63, 3.8) is 0 Å². The van der Waals surface area contributed by atoms with Crippen LogP contribution in [0.4, 0.5) is 0 Å². The molecule has 9 rings (SSSR count). The van der Waals surface area contributed by atoms with Crippen LogP contribution in [0.1, 0.15) is 365 Å². The topological polar surface area (TPSA) is 182 Å². The van der Waals surface area contributed by atoms with Gasteiger partial charge in [0.05, 0.1) is 54.9 Å². The van der Waals surface area contributed by atoms with Crippen LogP contribution in [-0.2, 0) is 0 Å². The van der Waals surface area contributed by atoms with Gasteiger partial charge in [0.25, 0.3) is 0 Å². The minimum atomic E-state index is -0.0613. The van der Waals surface area contributed by atoms with E-state index in [2.05, 4.69) is 249 Å². The fourth-order valence-electron chi connectivity index (χ4n) is 23.5. The van der Waals surface area contributed by atoms with Crippen LogP contribution in [0.5, 0.6) is 0 Å². The van der Waals surface area contributed by atoms with E-state index in [1.807, 2.05) is 0 Å². The third-order valence-corrected chi connectivity index (χ3v) is 31.5. The lowest BCUT2D eigenvalue weighted by Crippen LogP contribution is -2.39. The summed E-state index contributed by atoms with van der Waals surface area (Å²) < 4.78 is 0. The first-order chi connectivity index (χ1) is 49.7. The van der Waals surface area contributed by atoms with Gasteiger partial charge in [0.15, 0.2) is 0 Å². The van der Waals surface area contributed by atoms with Crippen LogP contribution < -0.4 is 0 Å². The summed E-state index contributed by atoms with van der Waals surface area (Å²) in [4.78, 5) is 0. The predicted molar refractivity (Wildman–Crippen MR) is 467 cm³/mol. The van der Waals surface area contributed by atoms with Crippen molar-refractivity contribution >= 4 is 0 Å². The van der Waals surface area contributed by atoms with Crippen LogP contribution in [0.2, 0.25) is 0 Å². The summed E-state index contributed by atoms with van der Waals surface area (Å²) in [5, 5.41) is 88.2. The van der Waals surface area contributed by atoms with Crippen LogP contribution >= 0.6 is 0 Å². The normalized spacial score (nSPS) is 43.5. The van der Waals surface area contributed by atoms with Crippen LogP contribution in [0.25, 0.3) is 0 Å². The zero-order valence-corrected chi connectivity index (χ0v) is 78.7. The van der Waals surface area contributed by atoms with Crippen LogP contribution in [0.3, 0.4) is 0 Å². The Morgan fingerprint density at radius 1 is 0.185 bits per heavy atom. The molecule has 9 N–H and O–H groups in total. The van der Waals surface area contributed by atoms with E-state index in [1.165, 1.54) is 77.0 Å². The summed E-state index contributed by atoms with van der Waals surface area (Å²) in [6.45, 7) is 80.9. The van der Waals surface area contributed by atoms with Gasteiger partial charge in [-0.15, -0.1) is 0 Å². The van der Waals surface area contributed by atoms with Gasteiger partial charge in [0, 0.05) is 0 Å². The van der Waals surface area contributed by atoms with Crippen molar-refractivity contribution in [2.45, 2.75) is 420 Å². The molecule has 9 aliphatic carbocycles. The second-order valence-electron chi connectivity index (χ2n) is 43.9. The minimum absolute atomic E-state index is 0.0370. The fraction of sp³-hybridized carbons (Fsp3) is 1.00. The average molecular weight is 1530 g/mol. The lowest BCUT2D eigenvalue weighted by Gasteiger charge is -2.40. The van der Waals surface area contributed by atoms with E-state index in [4.69, 9.17) is 0 Å². The summed E-state index contributed by atoms with van der Waals surface area (Å²) >= 11 is 0. The summed E-state index contributed by atoms with van der Waals surface area (Å²) in [7, 11) is 0. The molecule has 0 aromatic rings. The van der Waals surface area contributed by atoms with Crippen molar-refractivity contribution in [2.75, 3.05) is 0 Å². The summed E-state index contributed by atoms with van der Waals surface area (Å²) in [5.41, 5.74) is 0. The maximum absolute atomic E-state index is 9.98. The second-order valence-corrected chi connectivity index (χ2v) is 43.9. The van der Waals surface area contributed by atoms with Gasteiger partial charge in [0.2, 0.25) is 0 Å². The van der Waals surface area contributed by atoms with Crippen molar-refractivity contribution in [3.05, 3.63) is 0 Å². The van der Waals surface area contributed by atoms with Gasteiger partial charge in [-0.3, -0.25) is 0 Å². The second kappa shape index (κ2) is 51.1. The zero-order valence-electron chi connectivity index (χ0n) is 78.7. The number of aliphatic hydroxyl groups excluding tert-OH is 9. The molecule has 0 radical (unpaired) electrons. The number of rotatable bonds is 9. The van der Waals surface area contributed by atoms with E-state index in [0.717, 1.165) is 97.7 Å². The fourth-order valence-corrected chi connectivity index (χ4v) is 23.5. The quantitative estimate of drug-likeness (QED) is 0.109. The molecule has 9 aliphatic rings. The van der Waals surface area contributed by atoms with Gasteiger partial charge in [0.1, 0.15) is 0 Å². The highest BCUT2D eigenvalue weighted by Crippen LogP contribution is 2.45. The van der Waals surface area contributed by atoms with Crippen molar-refractivity contribution in [3.8, 4) is 0 Å². The molecule has 108 heavy (non-hydrogen) atoms. The zero-order chi connectivity index (χ0) is 83.7. The van der Waals surface area contributed by atoms with E-state index in [1.54, 1.807) is 0 Å². The number of hydrogen-bond donors (Lipinski definition) is 9. The van der Waals surface area contributed by atoms with E-state index < -0.39 is 0 Å². The van der Waals surface area contributed by atoms with Gasteiger partial charge >= 0.3 is 0 Å². The highest BCUT2D eigenvalue weighted by atomic mass is 16.3. The summed E-state index contributed by atoms with van der Waals surface area (Å²) in [6.07, 6.45) is 20.3. The highest BCUT2D eigenvalue weighted by molar-refractivity contribution is 4.91. The highest BCUT2D eigenvalue weighted by Gasteiger charge is 2.41. The molecule has 0 saturated heterocycles. The molecule has 32 atom stereocenters. The molecular weight excluding hydrogens is 1330 g/mol. The first-order valence-corrected chi connectivity index (χ1v) is 46.9. The van der Waals surface area contributed by atoms with Crippen molar-refractivity contribution in [1.82, 2.24) is 0 Å². The lowest BCUT2D eigenvalue weighted by molar-refractivity contribution is -0.0242. The molecule has 0 aliphatic heterocycles. The number of hydrogen-bond acceptors (Lipinski definition) is 9. The lowest BCUT2D eigenvalue weighted by atomic mass is 9.68. The van der Waals surface area contributed by atoms with Gasteiger partial charge < -0.3 is 46.0 Å². The Morgan fingerprint density at radius 3 is 1.03 bits per heavy atom. The van der Waals surface area contributed by atoms with Crippen LogP contribution in [0, 0.1) is 213 Å². The Hall–Kier alpha value is -0.360. The Kier molecular flexibility index (Phi) is 50.0. The minimum Gasteiger partial charge on any atom is -0.393 e. The van der Waals surface area contributed by atoms with E-state index in [-0.39, 0.29) is 54.9 Å². The molecular formula is C99H198O9. The molecule has 9 fully saturated rings. The average Bonchev–Trinajstić information content (AvgIpc) is 0.851. The monoisotopic (exact) mass is 1530 g/mol. The van der Waals surface area contributed by atoms with E-state index in [0.29, 0.717) is 154 Å². The predicted octanol–water partition coefficient (Wildman–Crippen LogP) is 24.2. The maximum Gasteiger partial charge on any atom is 0.0598 e. The molecule has 0 aromatic heterocycles.